The highest BCUT2D eigenvalue weighted by Gasteiger charge is 2.10. The largest absolute Gasteiger partial charge is 0.389 e. The van der Waals surface area contributed by atoms with Gasteiger partial charge in [0.05, 0.1) is 19.3 Å². The third-order valence-electron chi connectivity index (χ3n) is 3.16. The molecule has 0 saturated carbocycles. The third kappa shape index (κ3) is 5.41. The van der Waals surface area contributed by atoms with E-state index >= 15 is 0 Å². The minimum Gasteiger partial charge on any atom is -0.389 e. The number of nitrogens with one attached hydrogen (secondary N) is 1. The number of benzene rings is 1. The number of rotatable bonds is 8. The smallest absolute Gasteiger partial charge is 0.0898 e. The summed E-state index contributed by atoms with van der Waals surface area (Å²) in [6, 6.07) is 11.9. The predicted octanol–water partition coefficient (Wildman–Crippen LogP) is 3.63. The number of halogens is 1. The van der Waals surface area contributed by atoms with Crippen LogP contribution in [0.3, 0.4) is 0 Å². The maximum atomic E-state index is 9.93. The number of aliphatic hydroxyl groups is 1. The van der Waals surface area contributed by atoms with Crippen LogP contribution < -0.4 is 5.32 Å². The van der Waals surface area contributed by atoms with Gasteiger partial charge in [0, 0.05) is 22.5 Å². The van der Waals surface area contributed by atoms with Gasteiger partial charge in [0.2, 0.25) is 0 Å². The molecule has 1 aromatic heterocycles. The molecule has 0 radical (unpaired) electrons. The molecule has 0 bridgehead atoms. The van der Waals surface area contributed by atoms with Crippen molar-refractivity contribution >= 4 is 22.9 Å². The summed E-state index contributed by atoms with van der Waals surface area (Å²) in [6.45, 7) is 3.29. The van der Waals surface area contributed by atoms with Crippen molar-refractivity contribution in [3.05, 3.63) is 57.2 Å². The molecule has 1 heterocycles. The lowest BCUT2D eigenvalue weighted by Crippen LogP contribution is -2.31. The molecular formula is C16H20ClNO2S. The van der Waals surface area contributed by atoms with E-state index in [-0.39, 0.29) is 12.6 Å². The predicted molar refractivity (Wildman–Crippen MR) is 87.9 cm³/mol. The quantitative estimate of drug-likeness (QED) is 0.778. The van der Waals surface area contributed by atoms with Crippen LogP contribution in [0.25, 0.3) is 0 Å². The maximum absolute atomic E-state index is 9.93. The van der Waals surface area contributed by atoms with Crippen molar-refractivity contribution in [2.75, 3.05) is 13.2 Å². The Morgan fingerprint density at radius 1 is 1.29 bits per heavy atom. The molecule has 1 unspecified atom stereocenters. The first-order valence-corrected chi connectivity index (χ1v) is 8.18. The average Bonchev–Trinajstić information content (AvgIpc) is 3.01. The van der Waals surface area contributed by atoms with Gasteiger partial charge in [-0.25, -0.2) is 0 Å². The molecule has 0 aliphatic rings. The van der Waals surface area contributed by atoms with E-state index in [1.54, 1.807) is 11.3 Å². The molecule has 2 N–H and O–H groups in total. The maximum Gasteiger partial charge on any atom is 0.0898 e. The zero-order valence-corrected chi connectivity index (χ0v) is 13.5. The van der Waals surface area contributed by atoms with Crippen molar-refractivity contribution < 1.29 is 9.84 Å². The van der Waals surface area contributed by atoms with Crippen molar-refractivity contribution in [3.8, 4) is 0 Å². The summed E-state index contributed by atoms with van der Waals surface area (Å²) in [7, 11) is 0. The Labute approximate surface area is 134 Å². The zero-order chi connectivity index (χ0) is 15.1. The van der Waals surface area contributed by atoms with E-state index in [9.17, 15) is 5.11 Å². The Morgan fingerprint density at radius 2 is 2.10 bits per heavy atom. The number of hydrogen-bond acceptors (Lipinski definition) is 4. The van der Waals surface area contributed by atoms with Gasteiger partial charge in [-0.05, 0) is 30.0 Å². The molecule has 0 aliphatic heterocycles. The minimum atomic E-state index is -0.533. The molecule has 21 heavy (non-hydrogen) atoms. The fourth-order valence-corrected chi connectivity index (χ4v) is 2.88. The third-order valence-corrected chi connectivity index (χ3v) is 4.58. The molecule has 3 nitrogen and oxygen atoms in total. The Bertz CT molecular complexity index is 533. The van der Waals surface area contributed by atoms with Gasteiger partial charge >= 0.3 is 0 Å². The molecule has 2 atom stereocenters. The molecule has 2 aromatic rings. The summed E-state index contributed by atoms with van der Waals surface area (Å²) in [5.41, 5.74) is 0.936. The lowest BCUT2D eigenvalue weighted by molar-refractivity contribution is 0.0279. The Hall–Kier alpha value is -0.910. The summed E-state index contributed by atoms with van der Waals surface area (Å²) in [5, 5.41) is 16.0. The summed E-state index contributed by atoms with van der Waals surface area (Å²) in [5.74, 6) is 0. The highest BCUT2D eigenvalue weighted by atomic mass is 35.5. The van der Waals surface area contributed by atoms with E-state index in [1.165, 1.54) is 4.88 Å². The van der Waals surface area contributed by atoms with Gasteiger partial charge < -0.3 is 15.2 Å². The summed E-state index contributed by atoms with van der Waals surface area (Å²) in [6.07, 6.45) is -0.533. The van der Waals surface area contributed by atoms with Crippen molar-refractivity contribution in [2.24, 2.45) is 0 Å². The molecule has 0 amide bonds. The van der Waals surface area contributed by atoms with Crippen LogP contribution >= 0.6 is 22.9 Å². The zero-order valence-electron chi connectivity index (χ0n) is 12.0. The van der Waals surface area contributed by atoms with E-state index in [2.05, 4.69) is 23.7 Å². The number of aliphatic hydroxyl groups excluding tert-OH is 1. The van der Waals surface area contributed by atoms with E-state index in [0.29, 0.717) is 18.2 Å². The van der Waals surface area contributed by atoms with Crippen LogP contribution in [0.4, 0.5) is 0 Å². The Balaban J connectivity index is 1.66. The minimum absolute atomic E-state index is 0.239. The second-order valence-corrected chi connectivity index (χ2v) is 6.29. The fraction of sp³-hybridized carbons (Fsp3) is 0.375. The van der Waals surface area contributed by atoms with Gasteiger partial charge in [-0.1, -0.05) is 35.9 Å². The Morgan fingerprint density at radius 3 is 2.81 bits per heavy atom. The first-order chi connectivity index (χ1) is 10.2. The lowest BCUT2D eigenvalue weighted by Gasteiger charge is -2.16. The second-order valence-electron chi connectivity index (χ2n) is 4.91. The number of ether oxygens (including phenoxy) is 1. The molecule has 5 heteroatoms. The summed E-state index contributed by atoms with van der Waals surface area (Å²) < 4.78 is 5.51. The molecule has 0 spiro atoms. The molecule has 0 fully saturated rings. The van der Waals surface area contributed by atoms with E-state index < -0.39 is 6.10 Å². The molecule has 2 rings (SSSR count). The molecule has 0 aliphatic carbocycles. The van der Waals surface area contributed by atoms with E-state index in [0.717, 1.165) is 5.56 Å². The van der Waals surface area contributed by atoms with Gasteiger partial charge in [-0.2, -0.15) is 0 Å². The van der Waals surface area contributed by atoms with Crippen LogP contribution in [0.2, 0.25) is 5.02 Å². The average molecular weight is 326 g/mol. The molecule has 1 aromatic carbocycles. The first kappa shape index (κ1) is 16.5. The van der Waals surface area contributed by atoms with Crippen LogP contribution in [0.1, 0.15) is 23.4 Å². The van der Waals surface area contributed by atoms with Gasteiger partial charge in [0.1, 0.15) is 0 Å². The van der Waals surface area contributed by atoms with Crippen LogP contribution in [0.15, 0.2) is 41.8 Å². The van der Waals surface area contributed by atoms with E-state index in [4.69, 9.17) is 16.3 Å². The molecular weight excluding hydrogens is 306 g/mol. The SMILES string of the molecule is C[C@@H](NCC(O)COCc1ccccc1Cl)c1cccs1. The highest BCUT2D eigenvalue weighted by Crippen LogP contribution is 2.18. The molecule has 114 valence electrons. The monoisotopic (exact) mass is 325 g/mol. The number of hydrogen-bond donors (Lipinski definition) is 2. The highest BCUT2D eigenvalue weighted by molar-refractivity contribution is 7.10. The van der Waals surface area contributed by atoms with Crippen molar-refractivity contribution in [3.63, 3.8) is 0 Å². The van der Waals surface area contributed by atoms with Gasteiger partial charge in [-0.15, -0.1) is 11.3 Å². The van der Waals surface area contributed by atoms with Crippen molar-refractivity contribution in [2.45, 2.75) is 25.7 Å². The summed E-state index contributed by atoms with van der Waals surface area (Å²) in [4.78, 5) is 1.26. The lowest BCUT2D eigenvalue weighted by atomic mass is 10.2. The van der Waals surface area contributed by atoms with Gasteiger partial charge in [0.15, 0.2) is 0 Å². The normalized spacial score (nSPS) is 14.0. The van der Waals surface area contributed by atoms with Gasteiger partial charge in [-0.3, -0.25) is 0 Å². The fourth-order valence-electron chi connectivity index (χ4n) is 1.93. The van der Waals surface area contributed by atoms with Crippen molar-refractivity contribution in [1.29, 1.82) is 0 Å². The topological polar surface area (TPSA) is 41.5 Å². The van der Waals surface area contributed by atoms with Crippen LogP contribution in [0.5, 0.6) is 0 Å². The first-order valence-electron chi connectivity index (χ1n) is 6.93. The van der Waals surface area contributed by atoms with Crippen LogP contribution in [-0.4, -0.2) is 24.4 Å². The van der Waals surface area contributed by atoms with E-state index in [1.807, 2.05) is 30.3 Å². The Kier molecular flexibility index (Phi) is 6.67. The van der Waals surface area contributed by atoms with Crippen LogP contribution in [0, 0.1) is 0 Å². The van der Waals surface area contributed by atoms with Gasteiger partial charge in [0.25, 0.3) is 0 Å². The second kappa shape index (κ2) is 8.51. The standard InChI is InChI=1S/C16H20ClNO2S/c1-12(16-7-4-8-21-16)18-9-14(19)11-20-10-13-5-2-3-6-15(13)17/h2-8,12,14,18-19H,9-11H2,1H3/t12-,14?/m1/s1. The van der Waals surface area contributed by atoms with Crippen molar-refractivity contribution in [1.82, 2.24) is 5.32 Å². The van der Waals surface area contributed by atoms with Crippen LogP contribution in [-0.2, 0) is 11.3 Å². The number of thiophene rings is 1. The summed E-state index contributed by atoms with van der Waals surface area (Å²) >= 11 is 7.76. The molecule has 0 saturated heterocycles.